The lowest BCUT2D eigenvalue weighted by Gasteiger charge is -2.19. The first-order chi connectivity index (χ1) is 10.6. The Hall–Kier alpha value is -1.35. The summed E-state index contributed by atoms with van der Waals surface area (Å²) in [5.41, 5.74) is 2.95. The van der Waals surface area contributed by atoms with E-state index in [0.29, 0.717) is 13.0 Å². The molecular weight excluding hydrogens is 274 g/mol. The SMILES string of the molecule is CCOc1cc(C)c(C(=O)CCN2CCCCCC2)c(C)c1. The molecular formula is C19H29NO2. The Bertz CT molecular complexity index is 479. The van der Waals surface area contributed by atoms with Gasteiger partial charge in [-0.3, -0.25) is 4.79 Å². The first kappa shape index (κ1) is 17.0. The zero-order chi connectivity index (χ0) is 15.9. The van der Waals surface area contributed by atoms with E-state index >= 15 is 0 Å². The topological polar surface area (TPSA) is 29.5 Å². The van der Waals surface area contributed by atoms with Crippen molar-refractivity contribution >= 4 is 5.78 Å². The predicted molar refractivity (Wildman–Crippen MR) is 90.9 cm³/mol. The molecule has 1 aliphatic heterocycles. The molecule has 22 heavy (non-hydrogen) atoms. The number of ether oxygens (including phenoxy) is 1. The largest absolute Gasteiger partial charge is 0.494 e. The number of aryl methyl sites for hydroxylation is 2. The molecule has 0 N–H and O–H groups in total. The molecule has 0 radical (unpaired) electrons. The molecule has 2 rings (SSSR count). The second-order valence-corrected chi connectivity index (χ2v) is 6.29. The Labute approximate surface area is 134 Å². The highest BCUT2D eigenvalue weighted by atomic mass is 16.5. The Kier molecular flexibility index (Phi) is 6.44. The fourth-order valence-corrected chi connectivity index (χ4v) is 3.36. The lowest BCUT2D eigenvalue weighted by molar-refractivity contribution is 0.0963. The van der Waals surface area contributed by atoms with Gasteiger partial charge in [0.1, 0.15) is 5.75 Å². The molecule has 1 heterocycles. The first-order valence-corrected chi connectivity index (χ1v) is 8.61. The van der Waals surface area contributed by atoms with Crippen molar-refractivity contribution in [2.24, 2.45) is 0 Å². The van der Waals surface area contributed by atoms with Gasteiger partial charge in [-0.2, -0.15) is 0 Å². The van der Waals surface area contributed by atoms with Crippen LogP contribution in [0.5, 0.6) is 5.75 Å². The van der Waals surface area contributed by atoms with Crippen molar-refractivity contribution in [3.63, 3.8) is 0 Å². The smallest absolute Gasteiger partial charge is 0.164 e. The Morgan fingerprint density at radius 1 is 1.09 bits per heavy atom. The van der Waals surface area contributed by atoms with Gasteiger partial charge in [0.15, 0.2) is 5.78 Å². The average molecular weight is 303 g/mol. The van der Waals surface area contributed by atoms with E-state index in [1.165, 1.54) is 25.7 Å². The number of rotatable bonds is 6. The molecule has 1 saturated heterocycles. The first-order valence-electron chi connectivity index (χ1n) is 8.61. The second-order valence-electron chi connectivity index (χ2n) is 6.29. The van der Waals surface area contributed by atoms with Crippen LogP contribution in [0.3, 0.4) is 0 Å². The van der Waals surface area contributed by atoms with Crippen LogP contribution in [-0.2, 0) is 0 Å². The molecule has 122 valence electrons. The predicted octanol–water partition coefficient (Wildman–Crippen LogP) is 4.15. The van der Waals surface area contributed by atoms with Crippen molar-refractivity contribution in [3.8, 4) is 5.75 Å². The fourth-order valence-electron chi connectivity index (χ4n) is 3.36. The lowest BCUT2D eigenvalue weighted by atomic mass is 9.97. The van der Waals surface area contributed by atoms with Gasteiger partial charge in [-0.1, -0.05) is 12.8 Å². The van der Waals surface area contributed by atoms with Crippen LogP contribution in [0.2, 0.25) is 0 Å². The van der Waals surface area contributed by atoms with Gasteiger partial charge in [-0.15, -0.1) is 0 Å². The Morgan fingerprint density at radius 2 is 1.68 bits per heavy atom. The second kappa shape index (κ2) is 8.33. The van der Waals surface area contributed by atoms with Crippen molar-refractivity contribution in [1.82, 2.24) is 4.90 Å². The number of carbonyl (C=O) groups is 1. The number of carbonyl (C=O) groups excluding carboxylic acids is 1. The summed E-state index contributed by atoms with van der Waals surface area (Å²) in [4.78, 5) is 15.1. The van der Waals surface area contributed by atoms with Crippen LogP contribution in [0.15, 0.2) is 12.1 Å². The van der Waals surface area contributed by atoms with E-state index in [9.17, 15) is 4.79 Å². The quantitative estimate of drug-likeness (QED) is 0.739. The lowest BCUT2D eigenvalue weighted by Crippen LogP contribution is -2.27. The van der Waals surface area contributed by atoms with Gasteiger partial charge in [-0.05, 0) is 70.0 Å². The number of Topliss-reactive ketones (excluding diaryl/α,β-unsaturated/α-hetero) is 1. The average Bonchev–Trinajstić information content (AvgIpc) is 2.73. The molecule has 3 nitrogen and oxygen atoms in total. The van der Waals surface area contributed by atoms with E-state index < -0.39 is 0 Å². The summed E-state index contributed by atoms with van der Waals surface area (Å²) < 4.78 is 5.55. The van der Waals surface area contributed by atoms with Gasteiger partial charge in [-0.25, -0.2) is 0 Å². The molecule has 1 aromatic rings. The standard InChI is InChI=1S/C19H29NO2/c1-4-22-17-13-15(2)19(16(3)14-17)18(21)9-12-20-10-7-5-6-8-11-20/h13-14H,4-12H2,1-3H3. The third-order valence-corrected chi connectivity index (χ3v) is 4.45. The van der Waals surface area contributed by atoms with Gasteiger partial charge in [0.05, 0.1) is 6.61 Å². The molecule has 1 aromatic carbocycles. The summed E-state index contributed by atoms with van der Waals surface area (Å²) in [5, 5.41) is 0. The highest BCUT2D eigenvalue weighted by molar-refractivity contribution is 5.99. The molecule has 0 unspecified atom stereocenters. The van der Waals surface area contributed by atoms with E-state index in [0.717, 1.165) is 42.1 Å². The molecule has 1 aliphatic rings. The van der Waals surface area contributed by atoms with Gasteiger partial charge in [0, 0.05) is 18.5 Å². The third kappa shape index (κ3) is 4.57. The number of benzene rings is 1. The minimum absolute atomic E-state index is 0.266. The maximum atomic E-state index is 12.6. The summed E-state index contributed by atoms with van der Waals surface area (Å²) in [6.07, 6.45) is 5.84. The van der Waals surface area contributed by atoms with Crippen LogP contribution in [0.1, 0.15) is 60.5 Å². The molecule has 0 aliphatic carbocycles. The van der Waals surface area contributed by atoms with Crippen molar-refractivity contribution in [2.75, 3.05) is 26.2 Å². The zero-order valence-electron chi connectivity index (χ0n) is 14.3. The van der Waals surface area contributed by atoms with E-state index in [1.807, 2.05) is 32.9 Å². The molecule has 0 aromatic heterocycles. The van der Waals surface area contributed by atoms with Crippen molar-refractivity contribution < 1.29 is 9.53 Å². The molecule has 0 spiro atoms. The van der Waals surface area contributed by atoms with Crippen LogP contribution in [0.25, 0.3) is 0 Å². The molecule has 1 fully saturated rings. The summed E-state index contributed by atoms with van der Waals surface area (Å²) >= 11 is 0. The van der Waals surface area contributed by atoms with E-state index in [4.69, 9.17) is 4.74 Å². The van der Waals surface area contributed by atoms with Crippen LogP contribution < -0.4 is 4.74 Å². The monoisotopic (exact) mass is 303 g/mol. The van der Waals surface area contributed by atoms with Crippen LogP contribution >= 0.6 is 0 Å². The van der Waals surface area contributed by atoms with Crippen molar-refractivity contribution in [2.45, 2.75) is 52.9 Å². The Morgan fingerprint density at radius 3 is 2.23 bits per heavy atom. The van der Waals surface area contributed by atoms with Crippen LogP contribution in [0, 0.1) is 13.8 Å². The van der Waals surface area contributed by atoms with E-state index in [2.05, 4.69) is 4.90 Å². The summed E-state index contributed by atoms with van der Waals surface area (Å²) in [5.74, 6) is 1.13. The van der Waals surface area contributed by atoms with Crippen molar-refractivity contribution in [1.29, 1.82) is 0 Å². The highest BCUT2D eigenvalue weighted by Gasteiger charge is 2.16. The minimum atomic E-state index is 0.266. The third-order valence-electron chi connectivity index (χ3n) is 4.45. The van der Waals surface area contributed by atoms with E-state index in [-0.39, 0.29) is 5.78 Å². The van der Waals surface area contributed by atoms with Gasteiger partial charge in [0.25, 0.3) is 0 Å². The summed E-state index contributed by atoms with van der Waals surface area (Å²) in [6, 6.07) is 3.96. The summed E-state index contributed by atoms with van der Waals surface area (Å²) in [7, 11) is 0. The number of likely N-dealkylation sites (tertiary alicyclic amines) is 1. The van der Waals surface area contributed by atoms with E-state index in [1.54, 1.807) is 0 Å². The Balaban J connectivity index is 1.99. The minimum Gasteiger partial charge on any atom is -0.494 e. The highest BCUT2D eigenvalue weighted by Crippen LogP contribution is 2.23. The molecule has 3 heteroatoms. The maximum absolute atomic E-state index is 12.6. The van der Waals surface area contributed by atoms with Crippen LogP contribution in [-0.4, -0.2) is 36.9 Å². The molecule has 0 bridgehead atoms. The number of hydrogen-bond acceptors (Lipinski definition) is 3. The van der Waals surface area contributed by atoms with Crippen molar-refractivity contribution in [3.05, 3.63) is 28.8 Å². The van der Waals surface area contributed by atoms with Gasteiger partial charge in [0.2, 0.25) is 0 Å². The number of ketones is 1. The molecule has 0 saturated carbocycles. The van der Waals surface area contributed by atoms with Gasteiger partial charge >= 0.3 is 0 Å². The summed E-state index contributed by atoms with van der Waals surface area (Å²) in [6.45, 7) is 9.84. The van der Waals surface area contributed by atoms with Gasteiger partial charge < -0.3 is 9.64 Å². The fraction of sp³-hybridized carbons (Fsp3) is 0.632. The zero-order valence-corrected chi connectivity index (χ0v) is 14.3. The number of nitrogens with zero attached hydrogens (tertiary/aromatic N) is 1. The maximum Gasteiger partial charge on any atom is 0.164 e. The number of hydrogen-bond donors (Lipinski definition) is 0. The molecule has 0 amide bonds. The van der Waals surface area contributed by atoms with Crippen LogP contribution in [0.4, 0.5) is 0 Å². The normalized spacial score (nSPS) is 16.3. The molecule has 0 atom stereocenters.